The lowest BCUT2D eigenvalue weighted by Crippen LogP contribution is -2.55. The van der Waals surface area contributed by atoms with Crippen molar-refractivity contribution in [1.82, 2.24) is 30.7 Å². The Kier molecular flexibility index (Phi) is 17.5. The van der Waals surface area contributed by atoms with E-state index in [9.17, 15) is 29.1 Å². The molecule has 49 heavy (non-hydrogen) atoms. The van der Waals surface area contributed by atoms with Crippen LogP contribution in [0.3, 0.4) is 0 Å². The monoisotopic (exact) mass is 690 g/mol. The van der Waals surface area contributed by atoms with Gasteiger partial charge in [-0.3, -0.25) is 14.4 Å². The van der Waals surface area contributed by atoms with Crippen LogP contribution in [0.25, 0.3) is 0 Å². The summed E-state index contributed by atoms with van der Waals surface area (Å²) in [6.07, 6.45) is 0.860. The minimum atomic E-state index is -1.14. The predicted molar refractivity (Wildman–Crippen MR) is 186 cm³/mol. The van der Waals surface area contributed by atoms with Crippen LogP contribution in [-0.4, -0.2) is 141 Å². The average Bonchev–Trinajstić information content (AvgIpc) is 3.58. The average molecular weight is 691 g/mol. The molecule has 0 spiro atoms. The van der Waals surface area contributed by atoms with Gasteiger partial charge < -0.3 is 45.2 Å². The van der Waals surface area contributed by atoms with Gasteiger partial charge in [0, 0.05) is 54.4 Å². The van der Waals surface area contributed by atoms with Crippen molar-refractivity contribution in [3.05, 3.63) is 35.9 Å². The zero-order chi connectivity index (χ0) is 36.7. The van der Waals surface area contributed by atoms with Gasteiger partial charge in [-0.15, -0.1) is 0 Å². The first kappa shape index (κ1) is 41.4. The molecule has 0 aliphatic carbocycles. The van der Waals surface area contributed by atoms with Crippen LogP contribution in [0.1, 0.15) is 52.0 Å². The van der Waals surface area contributed by atoms with Crippen LogP contribution in [0, 0.1) is 11.8 Å². The summed E-state index contributed by atoms with van der Waals surface area (Å²) in [4.78, 5) is 69.8. The number of hydrogen-bond acceptors (Lipinski definition) is 8. The van der Waals surface area contributed by atoms with Gasteiger partial charge in [-0.25, -0.2) is 9.59 Å². The summed E-state index contributed by atoms with van der Waals surface area (Å²) < 4.78 is 11.7. The number of carboxylic acid groups (broad SMARTS) is 1. The SMILES string of the molecule is CCC(C)C(C(CC(=O)N1CCCC1C(OC)C(C)C(=O)N[C@@H](Cc1ccccc1)C(=O)O)OC)N(C)C(=O)CNC(=O)N(C)CCNC. The summed E-state index contributed by atoms with van der Waals surface area (Å²) in [5, 5.41) is 18.1. The minimum absolute atomic E-state index is 0.00603. The third-order valence-electron chi connectivity index (χ3n) is 9.64. The smallest absolute Gasteiger partial charge is 0.326 e. The quantitative estimate of drug-likeness (QED) is 0.159. The highest BCUT2D eigenvalue weighted by molar-refractivity contribution is 5.86. The fraction of sp³-hybridized carbons (Fsp3) is 0.686. The minimum Gasteiger partial charge on any atom is -0.480 e. The van der Waals surface area contributed by atoms with Gasteiger partial charge in [0.1, 0.15) is 6.04 Å². The van der Waals surface area contributed by atoms with E-state index in [4.69, 9.17) is 9.47 Å². The zero-order valence-electron chi connectivity index (χ0n) is 30.4. The molecule has 1 fully saturated rings. The topological polar surface area (TPSA) is 170 Å². The van der Waals surface area contributed by atoms with E-state index >= 15 is 0 Å². The maximum atomic E-state index is 13.9. The third kappa shape index (κ3) is 12.0. The number of carbonyl (C=O) groups is 5. The Morgan fingerprint density at radius 2 is 1.73 bits per heavy atom. The zero-order valence-corrected chi connectivity index (χ0v) is 30.4. The maximum absolute atomic E-state index is 13.9. The number of nitrogens with one attached hydrogen (secondary N) is 3. The molecule has 1 aliphatic rings. The molecular weight excluding hydrogens is 632 g/mol. The van der Waals surface area contributed by atoms with E-state index in [2.05, 4.69) is 16.0 Å². The van der Waals surface area contributed by atoms with Crippen molar-refractivity contribution in [1.29, 1.82) is 0 Å². The molecule has 1 aliphatic heterocycles. The number of likely N-dealkylation sites (N-methyl/N-ethyl adjacent to an activating group) is 3. The number of aliphatic carboxylic acids is 1. The molecule has 1 saturated heterocycles. The summed E-state index contributed by atoms with van der Waals surface area (Å²) in [5.41, 5.74) is 0.784. The lowest BCUT2D eigenvalue weighted by atomic mass is 9.90. The van der Waals surface area contributed by atoms with Crippen LogP contribution in [0.2, 0.25) is 0 Å². The number of rotatable bonds is 20. The highest BCUT2D eigenvalue weighted by atomic mass is 16.5. The molecule has 1 aromatic carbocycles. The molecule has 0 bridgehead atoms. The number of hydrogen-bond donors (Lipinski definition) is 4. The van der Waals surface area contributed by atoms with Gasteiger partial charge in [-0.05, 0) is 31.4 Å². The largest absolute Gasteiger partial charge is 0.480 e. The van der Waals surface area contributed by atoms with Crippen molar-refractivity contribution < 1.29 is 38.6 Å². The first-order valence-corrected chi connectivity index (χ1v) is 17.1. The van der Waals surface area contributed by atoms with Gasteiger partial charge in [-0.2, -0.15) is 0 Å². The van der Waals surface area contributed by atoms with Crippen LogP contribution in [0.5, 0.6) is 0 Å². The molecule has 0 saturated carbocycles. The maximum Gasteiger partial charge on any atom is 0.326 e. The second-order valence-corrected chi connectivity index (χ2v) is 12.9. The van der Waals surface area contributed by atoms with Gasteiger partial charge in [0.05, 0.1) is 43.2 Å². The number of nitrogens with zero attached hydrogens (tertiary/aromatic N) is 3. The van der Waals surface area contributed by atoms with Crippen molar-refractivity contribution in [2.45, 2.75) is 83.2 Å². The molecule has 7 atom stereocenters. The van der Waals surface area contributed by atoms with Gasteiger partial charge in [-0.1, -0.05) is 57.5 Å². The Hall–Kier alpha value is -3.75. The lowest BCUT2D eigenvalue weighted by Gasteiger charge is -2.39. The highest BCUT2D eigenvalue weighted by Gasteiger charge is 2.42. The van der Waals surface area contributed by atoms with E-state index in [1.165, 1.54) is 19.1 Å². The van der Waals surface area contributed by atoms with Crippen molar-refractivity contribution in [3.63, 3.8) is 0 Å². The highest BCUT2D eigenvalue weighted by Crippen LogP contribution is 2.29. The van der Waals surface area contributed by atoms with Gasteiger partial charge in [0.15, 0.2) is 0 Å². The van der Waals surface area contributed by atoms with Crippen LogP contribution < -0.4 is 16.0 Å². The number of methoxy groups -OCH3 is 2. The molecule has 14 heteroatoms. The fourth-order valence-electron chi connectivity index (χ4n) is 6.47. The lowest BCUT2D eigenvalue weighted by molar-refractivity contribution is -0.146. The normalized spacial score (nSPS) is 18.0. The molecule has 1 aromatic rings. The molecule has 276 valence electrons. The van der Waals surface area contributed by atoms with Crippen molar-refractivity contribution in [2.24, 2.45) is 11.8 Å². The number of amides is 5. The number of benzene rings is 1. The molecule has 2 rings (SSSR count). The Morgan fingerprint density at radius 3 is 2.31 bits per heavy atom. The standard InChI is InChI=1S/C35H58N6O8/c1-9-23(2)31(40(6)30(43)22-37-35(47)39(5)19-17-36-4)28(48-7)21-29(42)41-18-13-16-27(41)32(49-8)24(3)33(44)38-26(34(45)46)20-25-14-11-10-12-15-25/h10-12,14-15,23-24,26-28,31-32,36H,9,13,16-22H2,1-8H3,(H,37,47)(H,38,44)(H,45,46)/t23?,24?,26-,27?,28?,31?,32?/m0/s1. The van der Waals surface area contributed by atoms with Crippen molar-refractivity contribution in [3.8, 4) is 0 Å². The molecule has 5 amide bonds. The predicted octanol–water partition coefficient (Wildman–Crippen LogP) is 1.58. The molecule has 0 radical (unpaired) electrons. The Morgan fingerprint density at radius 1 is 1.06 bits per heavy atom. The molecule has 14 nitrogen and oxygen atoms in total. The van der Waals surface area contributed by atoms with E-state index < -0.39 is 48.1 Å². The Labute approximate surface area is 291 Å². The van der Waals surface area contributed by atoms with Gasteiger partial charge in [0.2, 0.25) is 17.7 Å². The second kappa shape index (κ2) is 20.7. The summed E-state index contributed by atoms with van der Waals surface area (Å²) in [5.74, 6) is -2.88. The number of carbonyl (C=O) groups excluding carboxylic acids is 4. The first-order valence-electron chi connectivity index (χ1n) is 17.1. The van der Waals surface area contributed by atoms with Crippen LogP contribution >= 0.6 is 0 Å². The summed E-state index contributed by atoms with van der Waals surface area (Å²) >= 11 is 0. The van der Waals surface area contributed by atoms with Crippen molar-refractivity contribution >= 4 is 29.7 Å². The van der Waals surface area contributed by atoms with E-state index in [1.807, 2.05) is 44.2 Å². The molecule has 4 N–H and O–H groups in total. The van der Waals surface area contributed by atoms with Gasteiger partial charge in [0.25, 0.3) is 0 Å². The molecular formula is C35H58N6O8. The molecule has 6 unspecified atom stereocenters. The van der Waals surface area contributed by atoms with Crippen LogP contribution in [0.4, 0.5) is 4.79 Å². The molecule has 0 aromatic heterocycles. The van der Waals surface area contributed by atoms with Gasteiger partial charge >= 0.3 is 12.0 Å². The molecule has 1 heterocycles. The Bertz CT molecular complexity index is 1220. The third-order valence-corrected chi connectivity index (χ3v) is 9.64. The van der Waals surface area contributed by atoms with E-state index in [0.717, 1.165) is 12.0 Å². The number of likely N-dealkylation sites (tertiary alicyclic amines) is 1. The number of ether oxygens (including phenoxy) is 2. The Balaban J connectivity index is 2.14. The van der Waals surface area contributed by atoms with Crippen LogP contribution in [0.15, 0.2) is 30.3 Å². The summed E-state index contributed by atoms with van der Waals surface area (Å²) in [6, 6.07) is 6.73. The first-order chi connectivity index (χ1) is 23.3. The van der Waals surface area contributed by atoms with Crippen LogP contribution in [-0.2, 0) is 35.1 Å². The number of carboxylic acids is 1. The van der Waals surface area contributed by atoms with E-state index in [1.54, 1.807) is 37.9 Å². The summed E-state index contributed by atoms with van der Waals surface area (Å²) in [6.45, 7) is 7.05. The number of urea groups is 1. The fourth-order valence-corrected chi connectivity index (χ4v) is 6.47. The summed E-state index contributed by atoms with van der Waals surface area (Å²) in [7, 11) is 8.12. The van der Waals surface area contributed by atoms with E-state index in [0.29, 0.717) is 32.5 Å². The second-order valence-electron chi connectivity index (χ2n) is 12.9. The van der Waals surface area contributed by atoms with E-state index in [-0.39, 0.29) is 43.1 Å². The van der Waals surface area contributed by atoms with Crippen molar-refractivity contribution in [2.75, 3.05) is 61.5 Å².